The predicted octanol–water partition coefficient (Wildman–Crippen LogP) is 1.53. The van der Waals surface area contributed by atoms with Gasteiger partial charge in [-0.2, -0.15) is 10.4 Å². The molecule has 0 saturated heterocycles. The Labute approximate surface area is 105 Å². The van der Waals surface area contributed by atoms with Gasteiger partial charge in [0.1, 0.15) is 23.1 Å². The van der Waals surface area contributed by atoms with Gasteiger partial charge in [0, 0.05) is 7.11 Å². The second kappa shape index (κ2) is 5.34. The molecule has 5 heteroatoms. The summed E-state index contributed by atoms with van der Waals surface area (Å²) in [6.07, 6.45) is 0. The van der Waals surface area contributed by atoms with Gasteiger partial charge in [-0.3, -0.25) is 0 Å². The molecule has 2 aromatic rings. The number of nitriles is 1. The topological polar surface area (TPSA) is 76.9 Å². The number of nitrogen functional groups attached to an aromatic ring is 1. The van der Waals surface area contributed by atoms with E-state index in [-0.39, 0.29) is 6.61 Å². The number of methoxy groups -OCH3 is 1. The molecule has 92 valence electrons. The maximum Gasteiger partial charge on any atom is 0.140 e. The average Bonchev–Trinajstić information content (AvgIpc) is 2.67. The molecule has 0 spiro atoms. The zero-order valence-electron chi connectivity index (χ0n) is 10.1. The highest BCUT2D eigenvalue weighted by Gasteiger charge is 2.15. The molecule has 0 radical (unpaired) electrons. The smallest absolute Gasteiger partial charge is 0.140 e. The number of nitrogens with two attached hydrogens (primary N) is 1. The molecule has 2 rings (SSSR count). The summed E-state index contributed by atoms with van der Waals surface area (Å²) in [7, 11) is 1.56. The van der Waals surface area contributed by atoms with Gasteiger partial charge < -0.3 is 10.5 Å². The van der Waals surface area contributed by atoms with Crippen LogP contribution in [0.4, 0.5) is 5.82 Å². The van der Waals surface area contributed by atoms with E-state index < -0.39 is 0 Å². The molecule has 0 atom stereocenters. The molecule has 0 aliphatic heterocycles. The van der Waals surface area contributed by atoms with Gasteiger partial charge in [-0.15, -0.1) is 0 Å². The van der Waals surface area contributed by atoms with Gasteiger partial charge in [0.05, 0.1) is 13.2 Å². The zero-order chi connectivity index (χ0) is 13.0. The van der Waals surface area contributed by atoms with Crippen molar-refractivity contribution in [2.45, 2.75) is 13.2 Å². The van der Waals surface area contributed by atoms with Crippen molar-refractivity contribution in [3.8, 4) is 6.07 Å². The van der Waals surface area contributed by atoms with Crippen molar-refractivity contribution >= 4 is 5.82 Å². The number of hydrogen-bond donors (Lipinski definition) is 1. The molecule has 0 saturated carbocycles. The Morgan fingerprint density at radius 2 is 2.11 bits per heavy atom. The summed E-state index contributed by atoms with van der Waals surface area (Å²) in [6.45, 7) is 0.833. The van der Waals surface area contributed by atoms with Crippen LogP contribution in [0.15, 0.2) is 30.3 Å². The van der Waals surface area contributed by atoms with Crippen LogP contribution in [0, 0.1) is 11.3 Å². The van der Waals surface area contributed by atoms with Crippen LogP contribution in [-0.4, -0.2) is 16.9 Å². The van der Waals surface area contributed by atoms with E-state index in [1.807, 2.05) is 30.3 Å². The summed E-state index contributed by atoms with van der Waals surface area (Å²) in [5, 5.41) is 13.4. The van der Waals surface area contributed by atoms with Gasteiger partial charge in [-0.05, 0) is 5.56 Å². The number of benzene rings is 1. The summed E-state index contributed by atoms with van der Waals surface area (Å²) >= 11 is 0. The molecule has 1 aromatic heterocycles. The molecule has 0 aliphatic carbocycles. The molecule has 0 unspecified atom stereocenters. The first-order valence-corrected chi connectivity index (χ1v) is 5.54. The summed E-state index contributed by atoms with van der Waals surface area (Å²) in [4.78, 5) is 0. The normalized spacial score (nSPS) is 10.2. The number of rotatable bonds is 4. The largest absolute Gasteiger partial charge is 0.383 e. The third kappa shape index (κ3) is 2.34. The SMILES string of the molecule is COCc1nn(Cc2ccccc2)c(N)c1C#N. The van der Waals surface area contributed by atoms with Crippen LogP contribution in [0.3, 0.4) is 0 Å². The van der Waals surface area contributed by atoms with Crippen LogP contribution in [-0.2, 0) is 17.9 Å². The van der Waals surface area contributed by atoms with Crippen molar-refractivity contribution in [1.29, 1.82) is 5.26 Å². The van der Waals surface area contributed by atoms with Crippen molar-refractivity contribution in [2.24, 2.45) is 0 Å². The first-order chi connectivity index (χ1) is 8.76. The van der Waals surface area contributed by atoms with E-state index in [4.69, 9.17) is 15.7 Å². The molecular formula is C13H14N4O. The van der Waals surface area contributed by atoms with Crippen molar-refractivity contribution in [1.82, 2.24) is 9.78 Å². The second-order valence-corrected chi connectivity index (χ2v) is 3.89. The maximum atomic E-state index is 9.07. The van der Waals surface area contributed by atoms with E-state index in [9.17, 15) is 0 Å². The highest BCUT2D eigenvalue weighted by molar-refractivity contribution is 5.52. The standard InChI is InChI=1S/C13H14N4O/c1-18-9-12-11(7-14)13(15)17(16-12)8-10-5-3-2-4-6-10/h2-6H,8-9,15H2,1H3. The highest BCUT2D eigenvalue weighted by Crippen LogP contribution is 2.17. The van der Waals surface area contributed by atoms with Gasteiger partial charge >= 0.3 is 0 Å². The van der Waals surface area contributed by atoms with Crippen LogP contribution >= 0.6 is 0 Å². The van der Waals surface area contributed by atoms with Gasteiger partial charge in [0.25, 0.3) is 0 Å². The molecule has 2 N–H and O–H groups in total. The Hall–Kier alpha value is -2.32. The van der Waals surface area contributed by atoms with E-state index in [0.29, 0.717) is 23.6 Å². The summed E-state index contributed by atoms with van der Waals surface area (Å²) < 4.78 is 6.63. The fourth-order valence-corrected chi connectivity index (χ4v) is 1.76. The first kappa shape index (κ1) is 12.1. The molecule has 0 aliphatic rings. The average molecular weight is 242 g/mol. The quantitative estimate of drug-likeness (QED) is 0.882. The van der Waals surface area contributed by atoms with Crippen molar-refractivity contribution in [3.05, 3.63) is 47.2 Å². The summed E-state index contributed by atoms with van der Waals surface area (Å²) in [5.41, 5.74) is 7.97. The Morgan fingerprint density at radius 1 is 1.39 bits per heavy atom. The minimum atomic E-state index is 0.287. The number of hydrogen-bond acceptors (Lipinski definition) is 4. The van der Waals surface area contributed by atoms with E-state index in [2.05, 4.69) is 11.2 Å². The predicted molar refractivity (Wildman–Crippen MR) is 67.6 cm³/mol. The summed E-state index contributed by atoms with van der Waals surface area (Å²) in [5.74, 6) is 0.383. The molecule has 0 bridgehead atoms. The van der Waals surface area contributed by atoms with Gasteiger partial charge in [0.2, 0.25) is 0 Å². The van der Waals surface area contributed by atoms with Crippen LogP contribution in [0.5, 0.6) is 0 Å². The molecule has 0 amide bonds. The van der Waals surface area contributed by atoms with Crippen LogP contribution < -0.4 is 5.73 Å². The number of anilines is 1. The van der Waals surface area contributed by atoms with Gasteiger partial charge in [-0.1, -0.05) is 30.3 Å². The Balaban J connectivity index is 2.32. The van der Waals surface area contributed by atoms with Crippen LogP contribution in [0.2, 0.25) is 0 Å². The lowest BCUT2D eigenvalue weighted by Crippen LogP contribution is -2.06. The van der Waals surface area contributed by atoms with E-state index in [1.165, 1.54) is 0 Å². The van der Waals surface area contributed by atoms with Crippen LogP contribution in [0.1, 0.15) is 16.8 Å². The Bertz CT molecular complexity index is 569. The van der Waals surface area contributed by atoms with Crippen molar-refractivity contribution < 1.29 is 4.74 Å². The first-order valence-electron chi connectivity index (χ1n) is 5.54. The maximum absolute atomic E-state index is 9.07. The lowest BCUT2D eigenvalue weighted by Gasteiger charge is -2.03. The minimum absolute atomic E-state index is 0.287. The fourth-order valence-electron chi connectivity index (χ4n) is 1.76. The fraction of sp³-hybridized carbons (Fsp3) is 0.231. The van der Waals surface area contributed by atoms with Crippen LogP contribution in [0.25, 0.3) is 0 Å². The second-order valence-electron chi connectivity index (χ2n) is 3.89. The molecule has 18 heavy (non-hydrogen) atoms. The monoisotopic (exact) mass is 242 g/mol. The third-order valence-electron chi connectivity index (χ3n) is 2.63. The van der Waals surface area contributed by atoms with Gasteiger partial charge in [0.15, 0.2) is 0 Å². The molecule has 1 aromatic carbocycles. The summed E-state index contributed by atoms with van der Waals surface area (Å²) in [6, 6.07) is 11.9. The Morgan fingerprint density at radius 3 is 2.72 bits per heavy atom. The molecule has 1 heterocycles. The zero-order valence-corrected chi connectivity index (χ0v) is 10.1. The molecular weight excluding hydrogens is 228 g/mol. The third-order valence-corrected chi connectivity index (χ3v) is 2.63. The molecule has 0 fully saturated rings. The minimum Gasteiger partial charge on any atom is -0.383 e. The number of nitrogens with zero attached hydrogens (tertiary/aromatic N) is 3. The lowest BCUT2D eigenvalue weighted by atomic mass is 10.2. The van der Waals surface area contributed by atoms with Crippen molar-refractivity contribution in [2.75, 3.05) is 12.8 Å². The van der Waals surface area contributed by atoms with E-state index in [0.717, 1.165) is 5.56 Å². The van der Waals surface area contributed by atoms with E-state index >= 15 is 0 Å². The molecule has 5 nitrogen and oxygen atoms in total. The number of aromatic nitrogens is 2. The highest BCUT2D eigenvalue weighted by atomic mass is 16.5. The lowest BCUT2D eigenvalue weighted by molar-refractivity contribution is 0.180. The number of ether oxygens (including phenoxy) is 1. The Kier molecular flexibility index (Phi) is 3.60. The van der Waals surface area contributed by atoms with E-state index in [1.54, 1.807) is 11.8 Å². The van der Waals surface area contributed by atoms with Crippen molar-refractivity contribution in [3.63, 3.8) is 0 Å². The van der Waals surface area contributed by atoms with Gasteiger partial charge in [-0.25, -0.2) is 4.68 Å².